The van der Waals surface area contributed by atoms with Crippen molar-refractivity contribution in [1.82, 2.24) is 9.97 Å². The number of aromatic nitrogens is 2. The Labute approximate surface area is 92.8 Å². The number of nitrogens with one attached hydrogen (secondary N) is 1. The van der Waals surface area contributed by atoms with Crippen LogP contribution in [-0.4, -0.2) is 34.1 Å². The summed E-state index contributed by atoms with van der Waals surface area (Å²) in [5, 5.41) is 11.4. The molecule has 0 saturated carbocycles. The predicted molar refractivity (Wildman–Crippen MR) is 54.6 cm³/mol. The van der Waals surface area contributed by atoms with Crippen LogP contribution in [0.5, 0.6) is 0 Å². The van der Waals surface area contributed by atoms with Crippen LogP contribution in [0, 0.1) is 0 Å². The van der Waals surface area contributed by atoms with Gasteiger partial charge in [-0.2, -0.15) is 4.98 Å². The van der Waals surface area contributed by atoms with Gasteiger partial charge in [0, 0.05) is 12.7 Å². The summed E-state index contributed by atoms with van der Waals surface area (Å²) in [6.45, 7) is -0.313. The van der Waals surface area contributed by atoms with Crippen LogP contribution in [0.15, 0.2) is 10.7 Å². The van der Waals surface area contributed by atoms with Gasteiger partial charge in [-0.3, -0.25) is 0 Å². The highest BCUT2D eigenvalue weighted by molar-refractivity contribution is 9.10. The minimum atomic E-state index is -2.80. The number of rotatable bonds is 4. The second kappa shape index (κ2) is 5.17. The first kappa shape index (κ1) is 12.1. The zero-order valence-electron chi connectivity index (χ0n) is 7.49. The molecule has 0 fully saturated rings. The topological polar surface area (TPSA) is 84.1 Å². The maximum atomic E-state index is 12.0. The normalized spacial score (nSPS) is 12.9. The third kappa shape index (κ3) is 3.56. The van der Waals surface area contributed by atoms with Gasteiger partial charge in [0.1, 0.15) is 11.9 Å². The molecular weight excluding hydrogens is 274 g/mol. The van der Waals surface area contributed by atoms with Crippen LogP contribution in [-0.2, 0) is 0 Å². The molecule has 0 aliphatic carbocycles. The molecule has 8 heteroatoms. The van der Waals surface area contributed by atoms with E-state index in [0.717, 1.165) is 0 Å². The average Bonchev–Trinajstić information content (AvgIpc) is 2.18. The van der Waals surface area contributed by atoms with Crippen LogP contribution in [0.1, 0.15) is 0 Å². The van der Waals surface area contributed by atoms with Gasteiger partial charge in [0.2, 0.25) is 5.95 Å². The van der Waals surface area contributed by atoms with Gasteiger partial charge in [0.25, 0.3) is 6.43 Å². The van der Waals surface area contributed by atoms with E-state index in [1.807, 2.05) is 0 Å². The van der Waals surface area contributed by atoms with E-state index >= 15 is 0 Å². The molecule has 1 heterocycles. The summed E-state index contributed by atoms with van der Waals surface area (Å²) in [4.78, 5) is 7.43. The molecule has 0 aliphatic rings. The first-order valence-electron chi connectivity index (χ1n) is 3.99. The van der Waals surface area contributed by atoms with Gasteiger partial charge in [-0.05, 0) is 15.9 Å². The zero-order chi connectivity index (χ0) is 11.4. The molecule has 0 aromatic carbocycles. The molecule has 0 saturated heterocycles. The number of nitrogens with zero attached hydrogens (tertiary/aromatic N) is 2. The molecule has 0 bridgehead atoms. The molecule has 4 N–H and O–H groups in total. The summed E-state index contributed by atoms with van der Waals surface area (Å²) < 4.78 is 24.4. The van der Waals surface area contributed by atoms with Gasteiger partial charge in [-0.15, -0.1) is 0 Å². The van der Waals surface area contributed by atoms with E-state index in [1.165, 1.54) is 6.20 Å². The van der Waals surface area contributed by atoms with Crippen molar-refractivity contribution in [1.29, 1.82) is 0 Å². The minimum absolute atomic E-state index is 0.0206. The monoisotopic (exact) mass is 282 g/mol. The van der Waals surface area contributed by atoms with Crippen LogP contribution in [0.25, 0.3) is 0 Å². The fourth-order valence-corrected chi connectivity index (χ4v) is 1.13. The minimum Gasteiger partial charge on any atom is -0.385 e. The third-order valence-corrected chi connectivity index (χ3v) is 2.11. The fourth-order valence-electron chi connectivity index (χ4n) is 0.795. The Balaban J connectivity index is 2.61. The van der Waals surface area contributed by atoms with E-state index in [0.29, 0.717) is 4.47 Å². The van der Waals surface area contributed by atoms with E-state index in [9.17, 15) is 8.78 Å². The highest BCUT2D eigenvalue weighted by Gasteiger charge is 2.16. The van der Waals surface area contributed by atoms with Crippen LogP contribution in [0.4, 0.5) is 20.5 Å². The Hall–Kier alpha value is -1.02. The van der Waals surface area contributed by atoms with Crippen molar-refractivity contribution >= 4 is 27.7 Å². The molecule has 84 valence electrons. The number of nitrogen functional groups attached to an aromatic ring is 1. The number of anilines is 2. The van der Waals surface area contributed by atoms with Crippen LogP contribution >= 0.6 is 15.9 Å². The molecule has 1 unspecified atom stereocenters. The average molecular weight is 283 g/mol. The molecule has 5 nitrogen and oxygen atoms in total. The molecule has 1 aromatic rings. The van der Waals surface area contributed by atoms with Crippen molar-refractivity contribution in [2.24, 2.45) is 0 Å². The lowest BCUT2D eigenvalue weighted by Gasteiger charge is -2.11. The van der Waals surface area contributed by atoms with Crippen molar-refractivity contribution in [3.05, 3.63) is 10.7 Å². The Morgan fingerprint density at radius 1 is 1.60 bits per heavy atom. The Bertz CT molecular complexity index is 339. The number of aliphatic hydroxyl groups is 1. The molecule has 15 heavy (non-hydrogen) atoms. The maximum absolute atomic E-state index is 12.0. The van der Waals surface area contributed by atoms with Crippen LogP contribution < -0.4 is 11.1 Å². The highest BCUT2D eigenvalue weighted by Crippen LogP contribution is 2.19. The number of hydrogen-bond acceptors (Lipinski definition) is 5. The second-order valence-electron chi connectivity index (χ2n) is 2.71. The summed E-state index contributed by atoms with van der Waals surface area (Å²) in [5.74, 6) is 0.287. The number of aliphatic hydroxyl groups excluding tert-OH is 1. The van der Waals surface area contributed by atoms with Gasteiger partial charge < -0.3 is 16.2 Å². The second-order valence-corrected chi connectivity index (χ2v) is 3.56. The summed E-state index contributed by atoms with van der Waals surface area (Å²) in [5.41, 5.74) is 5.30. The summed E-state index contributed by atoms with van der Waals surface area (Å²) in [6.07, 6.45) is -3.15. The van der Waals surface area contributed by atoms with Crippen molar-refractivity contribution in [3.8, 4) is 0 Å². The lowest BCUT2D eigenvalue weighted by atomic mass is 10.3. The third-order valence-electron chi connectivity index (χ3n) is 1.53. The Kier molecular flexibility index (Phi) is 4.15. The maximum Gasteiger partial charge on any atom is 0.265 e. The number of hydrogen-bond donors (Lipinski definition) is 3. The van der Waals surface area contributed by atoms with E-state index < -0.39 is 12.5 Å². The highest BCUT2D eigenvalue weighted by atomic mass is 79.9. The molecule has 0 radical (unpaired) electrons. The van der Waals surface area contributed by atoms with Crippen molar-refractivity contribution in [2.75, 3.05) is 17.6 Å². The summed E-state index contributed by atoms with van der Waals surface area (Å²) >= 11 is 3.11. The van der Waals surface area contributed by atoms with Gasteiger partial charge in [-0.25, -0.2) is 13.8 Å². The predicted octanol–water partition coefficient (Wildman–Crippen LogP) is 0.859. The number of alkyl halides is 2. The molecule has 1 aromatic heterocycles. The molecular formula is C7H9BrF2N4O. The zero-order valence-corrected chi connectivity index (χ0v) is 9.08. The van der Waals surface area contributed by atoms with E-state index in [1.54, 1.807) is 0 Å². The standard InChI is InChI=1S/C7H9BrF2N4O/c8-3-1-13-7(11)14-6(3)12-2-4(15)5(9)10/h1,4-5,15H,2H2,(H3,11,12,13,14). The van der Waals surface area contributed by atoms with E-state index in [4.69, 9.17) is 10.8 Å². The Morgan fingerprint density at radius 3 is 2.87 bits per heavy atom. The molecule has 1 rings (SSSR count). The van der Waals surface area contributed by atoms with Gasteiger partial charge >= 0.3 is 0 Å². The van der Waals surface area contributed by atoms with Crippen molar-refractivity contribution in [2.45, 2.75) is 12.5 Å². The first-order chi connectivity index (χ1) is 7.00. The van der Waals surface area contributed by atoms with E-state index in [-0.39, 0.29) is 18.3 Å². The fraction of sp³-hybridized carbons (Fsp3) is 0.429. The van der Waals surface area contributed by atoms with E-state index in [2.05, 4.69) is 31.2 Å². The van der Waals surface area contributed by atoms with Crippen LogP contribution in [0.3, 0.4) is 0 Å². The smallest absolute Gasteiger partial charge is 0.265 e. The molecule has 1 atom stereocenters. The lowest BCUT2D eigenvalue weighted by molar-refractivity contribution is 0.00380. The number of halogens is 3. The van der Waals surface area contributed by atoms with Crippen LogP contribution in [0.2, 0.25) is 0 Å². The Morgan fingerprint density at radius 2 is 2.27 bits per heavy atom. The quantitative estimate of drug-likeness (QED) is 0.763. The number of nitrogens with two attached hydrogens (primary N) is 1. The largest absolute Gasteiger partial charge is 0.385 e. The molecule has 0 aliphatic heterocycles. The van der Waals surface area contributed by atoms with Gasteiger partial charge in [0.15, 0.2) is 0 Å². The first-order valence-corrected chi connectivity index (χ1v) is 4.78. The van der Waals surface area contributed by atoms with Gasteiger partial charge in [-0.1, -0.05) is 0 Å². The molecule has 0 amide bonds. The SMILES string of the molecule is Nc1ncc(Br)c(NCC(O)C(F)F)n1. The summed E-state index contributed by atoms with van der Waals surface area (Å²) in [6, 6.07) is 0. The summed E-state index contributed by atoms with van der Waals surface area (Å²) in [7, 11) is 0. The molecule has 0 spiro atoms. The van der Waals surface area contributed by atoms with Crippen molar-refractivity contribution in [3.63, 3.8) is 0 Å². The van der Waals surface area contributed by atoms with Crippen molar-refractivity contribution < 1.29 is 13.9 Å². The lowest BCUT2D eigenvalue weighted by Crippen LogP contribution is -2.27. The van der Waals surface area contributed by atoms with Gasteiger partial charge in [0.05, 0.1) is 4.47 Å².